The normalized spacial score (nSPS) is 11.4. The molecule has 6 nitrogen and oxygen atoms in total. The van der Waals surface area contributed by atoms with Crippen LogP contribution in [0.25, 0.3) is 0 Å². The summed E-state index contributed by atoms with van der Waals surface area (Å²) < 4.78 is 1.93. The third kappa shape index (κ3) is 5.64. The predicted octanol–water partition coefficient (Wildman–Crippen LogP) is 1.42. The van der Waals surface area contributed by atoms with Crippen molar-refractivity contribution in [3.63, 3.8) is 0 Å². The fraction of sp³-hybridized carbons (Fsp3) is 0.400. The van der Waals surface area contributed by atoms with Crippen molar-refractivity contribution < 1.29 is 0 Å². The number of hydrogen-bond acceptors (Lipinski definition) is 3. The minimum absolute atomic E-state index is 0.579. The highest BCUT2D eigenvalue weighted by molar-refractivity contribution is 5.79. The molecule has 0 bridgehead atoms. The maximum absolute atomic E-state index is 4.53. The van der Waals surface area contributed by atoms with Crippen LogP contribution in [-0.4, -0.2) is 33.8 Å². The van der Waals surface area contributed by atoms with Gasteiger partial charge in [-0.1, -0.05) is 6.07 Å². The summed E-state index contributed by atoms with van der Waals surface area (Å²) in [5.74, 6) is 0.823. The quantitative estimate of drug-likeness (QED) is 0.459. The molecule has 0 spiro atoms. The van der Waals surface area contributed by atoms with Crippen LogP contribution in [0.5, 0.6) is 0 Å². The van der Waals surface area contributed by atoms with Crippen molar-refractivity contribution in [2.75, 3.05) is 13.1 Å². The molecule has 0 saturated carbocycles. The van der Waals surface area contributed by atoms with Crippen molar-refractivity contribution in [3.8, 4) is 0 Å². The van der Waals surface area contributed by atoms with Crippen LogP contribution in [0.4, 0.5) is 0 Å². The van der Waals surface area contributed by atoms with E-state index in [9.17, 15) is 0 Å². The fourth-order valence-corrected chi connectivity index (χ4v) is 1.87. The van der Waals surface area contributed by atoms with Crippen LogP contribution in [0.1, 0.15) is 19.0 Å². The number of aromatic nitrogens is 3. The lowest BCUT2D eigenvalue weighted by Crippen LogP contribution is -2.38. The molecule has 0 amide bonds. The molecule has 0 radical (unpaired) electrons. The van der Waals surface area contributed by atoms with Gasteiger partial charge in [-0.3, -0.25) is 9.67 Å². The third-order valence-corrected chi connectivity index (χ3v) is 2.89. The maximum Gasteiger partial charge on any atom is 0.191 e. The Morgan fingerprint density at radius 1 is 1.24 bits per heavy atom. The maximum atomic E-state index is 4.53. The molecule has 0 aliphatic rings. The van der Waals surface area contributed by atoms with E-state index in [-0.39, 0.29) is 0 Å². The summed E-state index contributed by atoms with van der Waals surface area (Å²) in [6, 6.07) is 7.80. The van der Waals surface area contributed by atoms with Gasteiger partial charge < -0.3 is 10.6 Å². The largest absolute Gasteiger partial charge is 0.357 e. The number of nitrogens with one attached hydrogen (secondary N) is 2. The Balaban J connectivity index is 1.75. The van der Waals surface area contributed by atoms with E-state index in [2.05, 4.69) is 32.6 Å². The van der Waals surface area contributed by atoms with Gasteiger partial charge in [0.05, 0.1) is 12.2 Å². The van der Waals surface area contributed by atoms with Gasteiger partial charge in [-0.15, -0.1) is 0 Å². The Morgan fingerprint density at radius 3 is 2.90 bits per heavy atom. The summed E-state index contributed by atoms with van der Waals surface area (Å²) in [6.07, 6.45) is 6.55. The molecule has 21 heavy (non-hydrogen) atoms. The van der Waals surface area contributed by atoms with Gasteiger partial charge in [0.1, 0.15) is 0 Å². The highest BCUT2D eigenvalue weighted by Crippen LogP contribution is 1.95. The van der Waals surface area contributed by atoms with Gasteiger partial charge in [0.15, 0.2) is 5.96 Å². The highest BCUT2D eigenvalue weighted by Gasteiger charge is 1.98. The van der Waals surface area contributed by atoms with Crippen molar-refractivity contribution in [1.29, 1.82) is 0 Å². The number of nitrogens with zero attached hydrogens (tertiary/aromatic N) is 4. The number of pyridine rings is 1. The molecule has 0 aromatic carbocycles. The first-order valence-electron chi connectivity index (χ1n) is 7.28. The van der Waals surface area contributed by atoms with E-state index in [1.54, 1.807) is 12.4 Å². The lowest BCUT2D eigenvalue weighted by atomic mass is 10.3. The summed E-state index contributed by atoms with van der Waals surface area (Å²) in [4.78, 5) is 8.79. The predicted molar refractivity (Wildman–Crippen MR) is 83.9 cm³/mol. The van der Waals surface area contributed by atoms with E-state index >= 15 is 0 Å². The Kier molecular flexibility index (Phi) is 6.25. The van der Waals surface area contributed by atoms with Crippen molar-refractivity contribution in [1.82, 2.24) is 25.4 Å². The molecule has 112 valence electrons. The van der Waals surface area contributed by atoms with Crippen LogP contribution in [0.15, 0.2) is 47.8 Å². The topological polar surface area (TPSA) is 67.1 Å². The first-order chi connectivity index (χ1) is 10.4. The fourth-order valence-electron chi connectivity index (χ4n) is 1.87. The average molecular weight is 286 g/mol. The number of rotatable bonds is 7. The molecule has 2 rings (SSSR count). The number of hydrogen-bond donors (Lipinski definition) is 2. The summed E-state index contributed by atoms with van der Waals surface area (Å²) >= 11 is 0. The second-order valence-corrected chi connectivity index (χ2v) is 4.57. The second kappa shape index (κ2) is 8.73. The smallest absolute Gasteiger partial charge is 0.191 e. The van der Waals surface area contributed by atoms with Crippen LogP contribution in [0.2, 0.25) is 0 Å². The standard InChI is InChI=1S/C15H22N6/c1-2-16-15(19-13-14-7-3-4-8-17-14)18-9-5-11-21-12-6-10-20-21/h3-4,6-8,10,12H,2,5,9,11,13H2,1H3,(H2,16,18,19). The molecule has 2 N–H and O–H groups in total. The van der Waals surface area contributed by atoms with Crippen molar-refractivity contribution >= 4 is 5.96 Å². The molecule has 2 heterocycles. The zero-order valence-electron chi connectivity index (χ0n) is 12.4. The summed E-state index contributed by atoms with van der Waals surface area (Å²) in [5.41, 5.74) is 0.964. The molecule has 2 aromatic heterocycles. The number of aryl methyl sites for hydroxylation is 1. The van der Waals surface area contributed by atoms with Gasteiger partial charge in [0.2, 0.25) is 0 Å². The van der Waals surface area contributed by atoms with Crippen molar-refractivity contribution in [3.05, 3.63) is 48.5 Å². The van der Waals surface area contributed by atoms with Gasteiger partial charge in [0, 0.05) is 38.2 Å². The Labute approximate surface area is 125 Å². The minimum atomic E-state index is 0.579. The van der Waals surface area contributed by atoms with E-state index in [1.165, 1.54) is 0 Å². The SMILES string of the molecule is CCNC(=NCc1ccccn1)NCCCn1cccn1. The molecule has 0 unspecified atom stereocenters. The lowest BCUT2D eigenvalue weighted by Gasteiger charge is -2.11. The molecular formula is C15H22N6. The molecule has 0 aliphatic carbocycles. The van der Waals surface area contributed by atoms with E-state index in [1.807, 2.05) is 35.1 Å². The average Bonchev–Trinajstić information content (AvgIpc) is 3.03. The van der Waals surface area contributed by atoms with Crippen LogP contribution in [-0.2, 0) is 13.1 Å². The van der Waals surface area contributed by atoms with Crippen molar-refractivity contribution in [2.45, 2.75) is 26.4 Å². The molecule has 0 fully saturated rings. The van der Waals surface area contributed by atoms with E-state index < -0.39 is 0 Å². The molecule has 0 saturated heterocycles. The van der Waals surface area contributed by atoms with Crippen LogP contribution in [0.3, 0.4) is 0 Å². The van der Waals surface area contributed by atoms with Gasteiger partial charge in [0.25, 0.3) is 0 Å². The zero-order chi connectivity index (χ0) is 14.8. The highest BCUT2D eigenvalue weighted by atomic mass is 15.3. The summed E-state index contributed by atoms with van der Waals surface area (Å²) in [5, 5.41) is 10.7. The molecule has 0 atom stereocenters. The van der Waals surface area contributed by atoms with Crippen LogP contribution < -0.4 is 10.6 Å². The van der Waals surface area contributed by atoms with Gasteiger partial charge in [-0.2, -0.15) is 5.10 Å². The van der Waals surface area contributed by atoms with E-state index in [4.69, 9.17) is 0 Å². The van der Waals surface area contributed by atoms with Crippen LogP contribution >= 0.6 is 0 Å². The molecule has 6 heteroatoms. The zero-order valence-corrected chi connectivity index (χ0v) is 12.4. The van der Waals surface area contributed by atoms with Crippen molar-refractivity contribution in [2.24, 2.45) is 4.99 Å². The van der Waals surface area contributed by atoms with Gasteiger partial charge in [-0.25, -0.2) is 4.99 Å². The van der Waals surface area contributed by atoms with E-state index in [0.29, 0.717) is 6.54 Å². The summed E-state index contributed by atoms with van der Waals surface area (Å²) in [6.45, 7) is 5.23. The number of aliphatic imine (C=N–C) groups is 1. The van der Waals surface area contributed by atoms with Gasteiger partial charge >= 0.3 is 0 Å². The Hall–Kier alpha value is -2.37. The monoisotopic (exact) mass is 286 g/mol. The number of guanidine groups is 1. The molecular weight excluding hydrogens is 264 g/mol. The van der Waals surface area contributed by atoms with Crippen LogP contribution in [0, 0.1) is 0 Å². The van der Waals surface area contributed by atoms with E-state index in [0.717, 1.165) is 37.7 Å². The third-order valence-electron chi connectivity index (χ3n) is 2.89. The minimum Gasteiger partial charge on any atom is -0.357 e. The Bertz CT molecular complexity index is 520. The first-order valence-corrected chi connectivity index (χ1v) is 7.28. The molecule has 0 aliphatic heterocycles. The Morgan fingerprint density at radius 2 is 2.19 bits per heavy atom. The second-order valence-electron chi connectivity index (χ2n) is 4.57. The first kappa shape index (κ1) is 15.0. The van der Waals surface area contributed by atoms with Gasteiger partial charge in [-0.05, 0) is 31.5 Å². The summed E-state index contributed by atoms with van der Waals surface area (Å²) in [7, 11) is 0. The molecule has 2 aromatic rings. The lowest BCUT2D eigenvalue weighted by molar-refractivity contribution is 0.570.